The molecule has 128 valence electrons. The second kappa shape index (κ2) is 6.20. The Morgan fingerprint density at radius 2 is 2.17 bits per heavy atom. The number of hydrogen-bond acceptors (Lipinski definition) is 3. The number of likely N-dealkylation sites (tertiary alicyclic amines) is 2. The maximum Gasteiger partial charge on any atom is 0.228 e. The number of rotatable bonds is 3. The van der Waals surface area contributed by atoms with Crippen LogP contribution in [0.25, 0.3) is 0 Å². The monoisotopic (exact) mass is 328 g/mol. The van der Waals surface area contributed by atoms with Gasteiger partial charge in [-0.05, 0) is 18.9 Å². The SMILES string of the molecule is Cc1cccc(CN2C[C@@H]3CN(C(=O)C4CCOC4)C[C@@H]3C2=O)c1. The molecule has 0 spiro atoms. The minimum Gasteiger partial charge on any atom is -0.381 e. The Bertz CT molecular complexity index is 654. The first-order valence-corrected chi connectivity index (χ1v) is 8.82. The molecule has 0 radical (unpaired) electrons. The lowest BCUT2D eigenvalue weighted by molar-refractivity contribution is -0.136. The summed E-state index contributed by atoms with van der Waals surface area (Å²) in [7, 11) is 0. The van der Waals surface area contributed by atoms with Crippen LogP contribution in [0.1, 0.15) is 17.5 Å². The summed E-state index contributed by atoms with van der Waals surface area (Å²) in [6.45, 7) is 6.04. The number of amides is 2. The molecule has 3 fully saturated rings. The first-order valence-electron chi connectivity index (χ1n) is 8.82. The Balaban J connectivity index is 1.38. The highest BCUT2D eigenvalue weighted by atomic mass is 16.5. The van der Waals surface area contributed by atoms with Gasteiger partial charge in [0.2, 0.25) is 11.8 Å². The van der Waals surface area contributed by atoms with Crippen LogP contribution in [0.2, 0.25) is 0 Å². The van der Waals surface area contributed by atoms with Crippen molar-refractivity contribution in [2.45, 2.75) is 19.9 Å². The molecule has 2 amide bonds. The van der Waals surface area contributed by atoms with E-state index in [0.29, 0.717) is 26.3 Å². The molecule has 3 atom stereocenters. The largest absolute Gasteiger partial charge is 0.381 e. The summed E-state index contributed by atoms with van der Waals surface area (Å²) in [4.78, 5) is 29.1. The second-order valence-electron chi connectivity index (χ2n) is 7.38. The summed E-state index contributed by atoms with van der Waals surface area (Å²) < 4.78 is 5.32. The van der Waals surface area contributed by atoms with Crippen LogP contribution < -0.4 is 0 Å². The summed E-state index contributed by atoms with van der Waals surface area (Å²) in [5.41, 5.74) is 2.40. The van der Waals surface area contributed by atoms with Crippen LogP contribution in [-0.2, 0) is 20.9 Å². The van der Waals surface area contributed by atoms with E-state index in [2.05, 4.69) is 25.1 Å². The van der Waals surface area contributed by atoms with Gasteiger partial charge in [0.25, 0.3) is 0 Å². The molecular formula is C19H24N2O3. The van der Waals surface area contributed by atoms with Crippen LogP contribution in [0.15, 0.2) is 24.3 Å². The minimum atomic E-state index is -0.0129. The van der Waals surface area contributed by atoms with E-state index in [9.17, 15) is 9.59 Å². The summed E-state index contributed by atoms with van der Waals surface area (Å²) in [5.74, 6) is 0.663. The Hall–Kier alpha value is -1.88. The number of carbonyl (C=O) groups is 2. The third-order valence-corrected chi connectivity index (χ3v) is 5.57. The molecule has 0 bridgehead atoms. The lowest BCUT2D eigenvalue weighted by Gasteiger charge is -2.23. The minimum absolute atomic E-state index is 0.00215. The third-order valence-electron chi connectivity index (χ3n) is 5.57. The van der Waals surface area contributed by atoms with Gasteiger partial charge in [-0.2, -0.15) is 0 Å². The Morgan fingerprint density at radius 3 is 2.88 bits per heavy atom. The smallest absolute Gasteiger partial charge is 0.228 e. The van der Waals surface area contributed by atoms with E-state index in [0.717, 1.165) is 19.5 Å². The van der Waals surface area contributed by atoms with Gasteiger partial charge in [0.15, 0.2) is 0 Å². The van der Waals surface area contributed by atoms with Crippen molar-refractivity contribution in [3.05, 3.63) is 35.4 Å². The average Bonchev–Trinajstić information content (AvgIpc) is 3.27. The van der Waals surface area contributed by atoms with Gasteiger partial charge in [0.05, 0.1) is 18.4 Å². The fourth-order valence-corrected chi connectivity index (χ4v) is 4.28. The van der Waals surface area contributed by atoms with Gasteiger partial charge in [-0.3, -0.25) is 9.59 Å². The van der Waals surface area contributed by atoms with Crippen molar-refractivity contribution in [2.75, 3.05) is 32.8 Å². The van der Waals surface area contributed by atoms with Crippen LogP contribution in [-0.4, -0.2) is 54.5 Å². The molecule has 4 rings (SSSR count). The van der Waals surface area contributed by atoms with Crippen molar-refractivity contribution in [1.29, 1.82) is 0 Å². The molecule has 1 aromatic rings. The predicted molar refractivity (Wildman–Crippen MR) is 89.1 cm³/mol. The third kappa shape index (κ3) is 2.81. The van der Waals surface area contributed by atoms with E-state index in [1.165, 1.54) is 11.1 Å². The fourth-order valence-electron chi connectivity index (χ4n) is 4.28. The molecule has 5 nitrogen and oxygen atoms in total. The van der Waals surface area contributed by atoms with Crippen molar-refractivity contribution in [2.24, 2.45) is 17.8 Å². The Kier molecular flexibility index (Phi) is 4.04. The van der Waals surface area contributed by atoms with Gasteiger partial charge >= 0.3 is 0 Å². The number of hydrogen-bond donors (Lipinski definition) is 0. The summed E-state index contributed by atoms with van der Waals surface area (Å²) in [6, 6.07) is 8.32. The van der Waals surface area contributed by atoms with E-state index >= 15 is 0 Å². The predicted octanol–water partition coefficient (Wildman–Crippen LogP) is 1.45. The molecule has 3 saturated heterocycles. The number of carbonyl (C=O) groups excluding carboxylic acids is 2. The highest BCUT2D eigenvalue weighted by molar-refractivity contribution is 5.85. The summed E-state index contributed by atoms with van der Waals surface area (Å²) in [5, 5.41) is 0. The van der Waals surface area contributed by atoms with E-state index in [-0.39, 0.29) is 29.6 Å². The molecule has 0 saturated carbocycles. The highest BCUT2D eigenvalue weighted by Crippen LogP contribution is 2.34. The van der Waals surface area contributed by atoms with E-state index in [1.807, 2.05) is 15.9 Å². The molecule has 5 heteroatoms. The molecule has 1 aromatic carbocycles. The molecule has 3 heterocycles. The van der Waals surface area contributed by atoms with Gasteiger partial charge in [-0.15, -0.1) is 0 Å². The van der Waals surface area contributed by atoms with Crippen LogP contribution in [0.3, 0.4) is 0 Å². The zero-order valence-electron chi connectivity index (χ0n) is 14.1. The number of ether oxygens (including phenoxy) is 1. The van der Waals surface area contributed by atoms with Crippen molar-refractivity contribution < 1.29 is 14.3 Å². The molecular weight excluding hydrogens is 304 g/mol. The number of nitrogens with zero attached hydrogens (tertiary/aromatic N) is 2. The molecule has 0 aromatic heterocycles. The molecule has 1 unspecified atom stereocenters. The van der Waals surface area contributed by atoms with Crippen molar-refractivity contribution >= 4 is 11.8 Å². The molecule has 24 heavy (non-hydrogen) atoms. The molecule has 0 aliphatic carbocycles. The second-order valence-corrected chi connectivity index (χ2v) is 7.38. The summed E-state index contributed by atoms with van der Waals surface area (Å²) >= 11 is 0. The normalized spacial score (nSPS) is 29.4. The lowest BCUT2D eigenvalue weighted by atomic mass is 10.0. The maximum absolute atomic E-state index is 12.7. The van der Waals surface area contributed by atoms with Gasteiger partial charge in [0, 0.05) is 38.7 Å². The zero-order valence-corrected chi connectivity index (χ0v) is 14.1. The van der Waals surface area contributed by atoms with Crippen molar-refractivity contribution in [3.63, 3.8) is 0 Å². The molecule has 3 aliphatic heterocycles. The lowest BCUT2D eigenvalue weighted by Crippen LogP contribution is -2.38. The van der Waals surface area contributed by atoms with Gasteiger partial charge in [-0.1, -0.05) is 29.8 Å². The van der Waals surface area contributed by atoms with Gasteiger partial charge in [-0.25, -0.2) is 0 Å². The van der Waals surface area contributed by atoms with Crippen LogP contribution >= 0.6 is 0 Å². The Labute approximate surface area is 142 Å². The van der Waals surface area contributed by atoms with Crippen LogP contribution in [0.5, 0.6) is 0 Å². The standard InChI is InChI=1S/C19H24N2O3/c1-13-3-2-4-14(7-13)8-20-9-16-10-21(11-17(16)19(20)23)18(22)15-5-6-24-12-15/h2-4,7,15-17H,5-6,8-12H2,1H3/t15?,16-,17+/m1/s1. The van der Waals surface area contributed by atoms with Gasteiger partial charge in [0.1, 0.15) is 0 Å². The van der Waals surface area contributed by atoms with E-state index in [1.54, 1.807) is 0 Å². The molecule has 0 N–H and O–H groups in total. The van der Waals surface area contributed by atoms with Crippen molar-refractivity contribution in [3.8, 4) is 0 Å². The quantitative estimate of drug-likeness (QED) is 0.844. The number of fused-ring (bicyclic) bond motifs is 1. The topological polar surface area (TPSA) is 49.9 Å². The number of aryl methyl sites for hydroxylation is 1. The van der Waals surface area contributed by atoms with E-state index < -0.39 is 0 Å². The van der Waals surface area contributed by atoms with Crippen LogP contribution in [0.4, 0.5) is 0 Å². The highest BCUT2D eigenvalue weighted by Gasteiger charge is 2.48. The first kappa shape index (κ1) is 15.6. The summed E-state index contributed by atoms with van der Waals surface area (Å²) in [6.07, 6.45) is 0.818. The van der Waals surface area contributed by atoms with Crippen molar-refractivity contribution in [1.82, 2.24) is 9.80 Å². The fraction of sp³-hybridized carbons (Fsp3) is 0.579. The first-order chi connectivity index (χ1) is 11.6. The van der Waals surface area contributed by atoms with Crippen LogP contribution in [0, 0.1) is 24.7 Å². The van der Waals surface area contributed by atoms with E-state index in [4.69, 9.17) is 4.74 Å². The van der Waals surface area contributed by atoms with Gasteiger partial charge < -0.3 is 14.5 Å². The maximum atomic E-state index is 12.7. The average molecular weight is 328 g/mol. The molecule has 3 aliphatic rings. The zero-order chi connectivity index (χ0) is 16.7. The number of benzene rings is 1. The Morgan fingerprint density at radius 1 is 1.29 bits per heavy atom.